The molecule has 17 heavy (non-hydrogen) atoms. The van der Waals surface area contributed by atoms with Gasteiger partial charge in [0.25, 0.3) is 0 Å². The molecule has 0 saturated heterocycles. The molecule has 1 N–H and O–H groups in total. The number of hydrogen-bond donors (Lipinski definition) is 1. The number of carbonyl (C=O) groups excluding carboxylic acids is 1. The number of nitrogens with zero attached hydrogens (tertiary/aromatic N) is 1. The second-order valence-electron chi connectivity index (χ2n) is 4.67. The zero-order chi connectivity index (χ0) is 12.2. The summed E-state index contributed by atoms with van der Waals surface area (Å²) in [5.74, 6) is -0.524. The van der Waals surface area contributed by atoms with E-state index in [1.165, 1.54) is 6.07 Å². The molecule has 0 amide bonds. The Morgan fingerprint density at radius 2 is 1.88 bits per heavy atom. The largest absolute Gasteiger partial charge is 2.00 e. The fourth-order valence-corrected chi connectivity index (χ4v) is 1.14. The van der Waals surface area contributed by atoms with E-state index in [1.54, 1.807) is 18.2 Å². The van der Waals surface area contributed by atoms with Crippen molar-refractivity contribution in [3.8, 4) is 5.75 Å². The van der Waals surface area contributed by atoms with E-state index in [1.807, 2.05) is 21.1 Å². The molecule has 1 rings (SSSR count). The minimum atomic E-state index is -0.480. The van der Waals surface area contributed by atoms with Crippen molar-refractivity contribution in [2.24, 2.45) is 0 Å². The number of phenolic OH excluding ortho intramolecular Hbond substituents is 1. The number of phenols is 1. The van der Waals surface area contributed by atoms with Gasteiger partial charge in [-0.15, -0.1) is 0 Å². The molecule has 0 aromatic heterocycles. The van der Waals surface area contributed by atoms with Gasteiger partial charge in [-0.25, -0.2) is 4.79 Å². The number of para-hydroxylation sites is 1. The normalized spacial score (nSPS) is 10.5. The molecule has 88 valence electrons. The van der Waals surface area contributed by atoms with Crippen LogP contribution in [0.2, 0.25) is 0 Å². The Balaban J connectivity index is 0.00000256. The van der Waals surface area contributed by atoms with Gasteiger partial charge >= 0.3 is 43.7 Å². The van der Waals surface area contributed by atoms with Crippen molar-refractivity contribution < 1.29 is 19.1 Å². The van der Waals surface area contributed by atoms with Crippen molar-refractivity contribution in [2.75, 3.05) is 34.3 Å². The first-order valence-corrected chi connectivity index (χ1v) is 5.16. The van der Waals surface area contributed by atoms with E-state index in [-0.39, 0.29) is 49.1 Å². The van der Waals surface area contributed by atoms with E-state index in [4.69, 9.17) is 4.74 Å². The molecular formula is C12H18CaNO3+3. The average molecular weight is 264 g/mol. The van der Waals surface area contributed by atoms with Crippen LogP contribution >= 0.6 is 0 Å². The average Bonchev–Trinajstić information content (AvgIpc) is 2.16. The van der Waals surface area contributed by atoms with Gasteiger partial charge in [-0.3, -0.25) is 0 Å². The SMILES string of the molecule is C[N+](C)(C)CCOC(=O)c1ccccc1O.[Ca+2]. The second-order valence-corrected chi connectivity index (χ2v) is 4.67. The van der Waals surface area contributed by atoms with Gasteiger partial charge in [-0.1, -0.05) is 12.1 Å². The molecule has 4 nitrogen and oxygen atoms in total. The maximum absolute atomic E-state index is 11.6. The van der Waals surface area contributed by atoms with Crippen LogP contribution in [-0.2, 0) is 4.74 Å². The van der Waals surface area contributed by atoms with E-state index in [2.05, 4.69) is 0 Å². The molecule has 0 fully saturated rings. The van der Waals surface area contributed by atoms with Gasteiger partial charge in [0.2, 0.25) is 0 Å². The fraction of sp³-hybridized carbons (Fsp3) is 0.417. The maximum Gasteiger partial charge on any atom is 2.00 e. The van der Waals surface area contributed by atoms with Crippen molar-refractivity contribution in [1.29, 1.82) is 0 Å². The summed E-state index contributed by atoms with van der Waals surface area (Å²) in [7, 11) is 6.06. The van der Waals surface area contributed by atoms with Crippen LogP contribution in [0.3, 0.4) is 0 Å². The van der Waals surface area contributed by atoms with Gasteiger partial charge in [0.1, 0.15) is 24.5 Å². The molecule has 0 unspecified atom stereocenters. The van der Waals surface area contributed by atoms with Crippen molar-refractivity contribution in [2.45, 2.75) is 0 Å². The molecule has 0 atom stereocenters. The van der Waals surface area contributed by atoms with Crippen molar-refractivity contribution in [3.63, 3.8) is 0 Å². The first kappa shape index (κ1) is 16.7. The monoisotopic (exact) mass is 264 g/mol. The van der Waals surface area contributed by atoms with Gasteiger partial charge < -0.3 is 14.3 Å². The predicted octanol–water partition coefficient (Wildman–Crippen LogP) is 0.874. The van der Waals surface area contributed by atoms with Gasteiger partial charge in [-0.05, 0) is 12.1 Å². The number of rotatable bonds is 4. The first-order valence-electron chi connectivity index (χ1n) is 5.16. The molecule has 0 bridgehead atoms. The minimum absolute atomic E-state index is 0. The number of benzene rings is 1. The zero-order valence-electron chi connectivity index (χ0n) is 10.6. The van der Waals surface area contributed by atoms with E-state index in [9.17, 15) is 9.90 Å². The molecule has 0 aliphatic carbocycles. The number of aromatic hydroxyl groups is 1. The van der Waals surface area contributed by atoms with Crippen LogP contribution < -0.4 is 0 Å². The topological polar surface area (TPSA) is 46.5 Å². The molecule has 0 aliphatic heterocycles. The molecule has 0 saturated carbocycles. The summed E-state index contributed by atoms with van der Waals surface area (Å²) in [5.41, 5.74) is 0.212. The molecule has 0 radical (unpaired) electrons. The zero-order valence-corrected chi connectivity index (χ0v) is 12.9. The van der Waals surface area contributed by atoms with Crippen molar-refractivity contribution in [3.05, 3.63) is 29.8 Å². The summed E-state index contributed by atoms with van der Waals surface area (Å²) in [6.07, 6.45) is 0. The van der Waals surface area contributed by atoms with Crippen LogP contribution in [0.15, 0.2) is 24.3 Å². The summed E-state index contributed by atoms with van der Waals surface area (Å²) in [6.45, 7) is 1.08. The van der Waals surface area contributed by atoms with E-state index in [0.717, 1.165) is 11.0 Å². The summed E-state index contributed by atoms with van der Waals surface area (Å²) >= 11 is 0. The Morgan fingerprint density at radius 3 is 2.41 bits per heavy atom. The molecule has 0 heterocycles. The number of likely N-dealkylation sites (N-methyl/N-ethyl adjacent to an activating group) is 1. The van der Waals surface area contributed by atoms with Crippen molar-refractivity contribution >= 4 is 43.7 Å². The Bertz CT molecular complexity index is 374. The molecule has 0 aliphatic rings. The number of ether oxygens (including phenoxy) is 1. The van der Waals surface area contributed by atoms with E-state index in [0.29, 0.717) is 6.61 Å². The Morgan fingerprint density at radius 1 is 1.29 bits per heavy atom. The van der Waals surface area contributed by atoms with Crippen LogP contribution in [0.4, 0.5) is 0 Å². The summed E-state index contributed by atoms with van der Waals surface area (Å²) in [5, 5.41) is 9.44. The fourth-order valence-electron chi connectivity index (χ4n) is 1.14. The Labute approximate surface area is 132 Å². The van der Waals surface area contributed by atoms with Gasteiger partial charge in [0, 0.05) is 0 Å². The number of esters is 1. The molecule has 0 spiro atoms. The second kappa shape index (κ2) is 7.21. The van der Waals surface area contributed by atoms with Crippen LogP contribution in [-0.4, -0.2) is 87.6 Å². The summed E-state index contributed by atoms with van der Waals surface area (Å²) in [4.78, 5) is 11.6. The number of quaternary nitrogens is 1. The maximum atomic E-state index is 11.6. The summed E-state index contributed by atoms with van der Waals surface area (Å²) < 4.78 is 5.80. The molecular weight excluding hydrogens is 246 g/mol. The van der Waals surface area contributed by atoms with Gasteiger partial charge in [0.05, 0.1) is 21.1 Å². The third kappa shape index (κ3) is 6.26. The van der Waals surface area contributed by atoms with Crippen LogP contribution in [0.5, 0.6) is 5.75 Å². The van der Waals surface area contributed by atoms with E-state index < -0.39 is 5.97 Å². The quantitative estimate of drug-likeness (QED) is 0.499. The Kier molecular flexibility index (Phi) is 7.09. The molecule has 5 heteroatoms. The smallest absolute Gasteiger partial charge is 0.507 e. The van der Waals surface area contributed by atoms with Crippen LogP contribution in [0, 0.1) is 0 Å². The number of hydrogen-bond acceptors (Lipinski definition) is 3. The molecule has 1 aromatic rings. The third-order valence-electron chi connectivity index (χ3n) is 2.12. The first-order chi connectivity index (χ1) is 7.40. The standard InChI is InChI=1S/C12H17NO3.Ca/c1-13(2,3)8-9-16-12(15)10-6-4-5-7-11(10)14;/h4-7H,8-9H2,1-3H3;/q;+2/p+1. The van der Waals surface area contributed by atoms with Crippen LogP contribution in [0.1, 0.15) is 10.4 Å². The van der Waals surface area contributed by atoms with Crippen molar-refractivity contribution in [1.82, 2.24) is 0 Å². The van der Waals surface area contributed by atoms with Gasteiger partial charge in [-0.2, -0.15) is 0 Å². The van der Waals surface area contributed by atoms with Gasteiger partial charge in [0.15, 0.2) is 0 Å². The minimum Gasteiger partial charge on any atom is -0.507 e. The summed E-state index contributed by atoms with van der Waals surface area (Å²) in [6, 6.07) is 6.37. The Hall–Kier alpha value is -0.290. The third-order valence-corrected chi connectivity index (χ3v) is 2.12. The number of carbonyl (C=O) groups is 1. The molecule has 1 aromatic carbocycles. The van der Waals surface area contributed by atoms with Crippen LogP contribution in [0.25, 0.3) is 0 Å². The van der Waals surface area contributed by atoms with E-state index >= 15 is 0 Å². The predicted molar refractivity (Wildman–Crippen MR) is 67.0 cm³/mol.